The number of hydrogen-bond donors (Lipinski definition) is 1. The van der Waals surface area contributed by atoms with E-state index >= 15 is 0 Å². The molecule has 0 radical (unpaired) electrons. The van der Waals surface area contributed by atoms with Crippen molar-refractivity contribution in [3.8, 4) is 0 Å². The van der Waals surface area contributed by atoms with Gasteiger partial charge in [0.1, 0.15) is 11.4 Å². The summed E-state index contributed by atoms with van der Waals surface area (Å²) >= 11 is 5.78. The maximum atomic E-state index is 13.0. The molecule has 142 valence electrons. The van der Waals surface area contributed by atoms with Gasteiger partial charge in [0.15, 0.2) is 6.10 Å². The number of benzene rings is 2. The number of halogens is 2. The largest absolute Gasteiger partial charge is 0.449 e. The van der Waals surface area contributed by atoms with Crippen molar-refractivity contribution in [3.05, 3.63) is 74.5 Å². The number of carbonyl (C=O) groups is 2. The molecule has 1 amide bonds. The van der Waals surface area contributed by atoms with Crippen molar-refractivity contribution in [3.63, 3.8) is 0 Å². The number of ether oxygens (including phenoxy) is 1. The lowest BCUT2D eigenvalue weighted by molar-refractivity contribution is -0.385. The molecular formula is C18H16ClFN2O5. The first-order valence-electron chi connectivity index (χ1n) is 7.89. The van der Waals surface area contributed by atoms with E-state index in [1.54, 1.807) is 6.92 Å². The minimum Gasteiger partial charge on any atom is -0.449 e. The van der Waals surface area contributed by atoms with Gasteiger partial charge in [-0.25, -0.2) is 9.18 Å². The Morgan fingerprint density at radius 3 is 2.41 bits per heavy atom. The van der Waals surface area contributed by atoms with Crippen LogP contribution in [0, 0.1) is 15.9 Å². The second-order valence-corrected chi connectivity index (χ2v) is 6.18. The lowest BCUT2D eigenvalue weighted by Gasteiger charge is -2.18. The van der Waals surface area contributed by atoms with Gasteiger partial charge in [0, 0.05) is 11.1 Å². The second kappa shape index (κ2) is 8.59. The van der Waals surface area contributed by atoms with E-state index < -0.39 is 40.5 Å². The van der Waals surface area contributed by atoms with Gasteiger partial charge in [0.25, 0.3) is 11.6 Å². The van der Waals surface area contributed by atoms with E-state index in [-0.39, 0.29) is 10.6 Å². The fourth-order valence-electron chi connectivity index (χ4n) is 2.27. The van der Waals surface area contributed by atoms with E-state index in [1.165, 1.54) is 37.3 Å². The molecule has 0 saturated heterocycles. The zero-order chi connectivity index (χ0) is 20.1. The monoisotopic (exact) mass is 394 g/mol. The number of amides is 1. The number of nitro groups is 1. The van der Waals surface area contributed by atoms with Gasteiger partial charge in [0.05, 0.1) is 11.0 Å². The van der Waals surface area contributed by atoms with Crippen LogP contribution in [0.25, 0.3) is 0 Å². The predicted octanol–water partition coefficient (Wildman–Crippen LogP) is 3.81. The minimum absolute atomic E-state index is 0.120. The highest BCUT2D eigenvalue weighted by molar-refractivity contribution is 6.31. The second-order valence-electron chi connectivity index (χ2n) is 5.75. The van der Waals surface area contributed by atoms with E-state index in [0.29, 0.717) is 5.56 Å². The molecule has 7 nitrogen and oxygen atoms in total. The van der Waals surface area contributed by atoms with Crippen molar-refractivity contribution < 1.29 is 23.6 Å². The van der Waals surface area contributed by atoms with Gasteiger partial charge in [-0.3, -0.25) is 14.9 Å². The van der Waals surface area contributed by atoms with Crippen LogP contribution in [-0.2, 0) is 9.53 Å². The van der Waals surface area contributed by atoms with Crippen molar-refractivity contribution in [2.75, 3.05) is 0 Å². The summed E-state index contributed by atoms with van der Waals surface area (Å²) < 4.78 is 18.0. The first-order chi connectivity index (χ1) is 12.7. The van der Waals surface area contributed by atoms with Crippen LogP contribution in [0.1, 0.15) is 35.8 Å². The van der Waals surface area contributed by atoms with Crippen molar-refractivity contribution in [1.82, 2.24) is 5.32 Å². The van der Waals surface area contributed by atoms with Crippen LogP contribution in [0.3, 0.4) is 0 Å². The van der Waals surface area contributed by atoms with E-state index in [2.05, 4.69) is 5.32 Å². The summed E-state index contributed by atoms with van der Waals surface area (Å²) in [4.78, 5) is 34.7. The fourth-order valence-corrected chi connectivity index (χ4v) is 2.45. The predicted molar refractivity (Wildman–Crippen MR) is 95.9 cm³/mol. The van der Waals surface area contributed by atoms with Crippen LogP contribution >= 0.6 is 11.6 Å². The van der Waals surface area contributed by atoms with E-state index in [1.807, 2.05) is 0 Å². The highest BCUT2D eigenvalue weighted by Crippen LogP contribution is 2.24. The number of hydrogen-bond acceptors (Lipinski definition) is 5. The number of nitrogens with zero attached hydrogens (tertiary/aromatic N) is 1. The Bertz CT molecular complexity index is 873. The summed E-state index contributed by atoms with van der Waals surface area (Å²) in [5, 5.41) is 13.8. The van der Waals surface area contributed by atoms with Crippen molar-refractivity contribution in [2.45, 2.75) is 26.0 Å². The van der Waals surface area contributed by atoms with E-state index in [0.717, 1.165) is 12.1 Å². The molecule has 0 unspecified atom stereocenters. The molecule has 0 spiro atoms. The Balaban J connectivity index is 2.05. The third-order valence-electron chi connectivity index (χ3n) is 3.76. The van der Waals surface area contributed by atoms with E-state index in [4.69, 9.17) is 16.3 Å². The molecule has 9 heteroatoms. The molecule has 2 atom stereocenters. The van der Waals surface area contributed by atoms with Gasteiger partial charge in [-0.1, -0.05) is 23.7 Å². The fraction of sp³-hybridized carbons (Fsp3) is 0.222. The summed E-state index contributed by atoms with van der Waals surface area (Å²) in [5.74, 6) is -2.05. The first-order valence-corrected chi connectivity index (χ1v) is 8.27. The molecule has 0 aliphatic heterocycles. The third-order valence-corrected chi connectivity index (χ3v) is 3.99. The van der Waals surface area contributed by atoms with Crippen molar-refractivity contribution in [1.29, 1.82) is 0 Å². The molecule has 0 aromatic heterocycles. The number of rotatable bonds is 6. The molecule has 0 aliphatic rings. The topological polar surface area (TPSA) is 98.5 Å². The Labute approximate surface area is 159 Å². The molecule has 1 N–H and O–H groups in total. The molecule has 0 fully saturated rings. The smallest absolute Gasteiger partial charge is 0.345 e. The first kappa shape index (κ1) is 20.3. The highest BCUT2D eigenvalue weighted by atomic mass is 35.5. The van der Waals surface area contributed by atoms with Crippen LogP contribution in [0.5, 0.6) is 0 Å². The maximum absolute atomic E-state index is 13.0. The Morgan fingerprint density at radius 2 is 1.81 bits per heavy atom. The molecule has 2 aromatic rings. The van der Waals surface area contributed by atoms with Gasteiger partial charge in [-0.2, -0.15) is 0 Å². The molecule has 2 rings (SSSR count). The van der Waals surface area contributed by atoms with Gasteiger partial charge < -0.3 is 10.1 Å². The van der Waals surface area contributed by atoms with Crippen LogP contribution < -0.4 is 5.32 Å². The normalized spacial score (nSPS) is 12.7. The average Bonchev–Trinajstić information content (AvgIpc) is 2.61. The lowest BCUT2D eigenvalue weighted by Crippen LogP contribution is -2.37. The molecule has 27 heavy (non-hydrogen) atoms. The van der Waals surface area contributed by atoms with Gasteiger partial charge in [-0.15, -0.1) is 0 Å². The zero-order valence-electron chi connectivity index (χ0n) is 14.4. The van der Waals surface area contributed by atoms with Crippen LogP contribution in [0.4, 0.5) is 10.1 Å². The molecule has 0 saturated carbocycles. The molecule has 0 heterocycles. The standard InChI is InChI=1S/C18H16ClFN2O5/c1-10(12-3-6-14(20)7-4-12)21-17(23)11(2)27-18(24)15-9-13(19)5-8-16(15)22(25)26/h3-11H,1-2H3,(H,21,23)/t10-,11-/m1/s1. The summed E-state index contributed by atoms with van der Waals surface area (Å²) in [5.41, 5.74) is -0.163. The molecule has 2 aromatic carbocycles. The average molecular weight is 395 g/mol. The number of nitro benzene ring substituents is 1. The van der Waals surface area contributed by atoms with Crippen molar-refractivity contribution >= 4 is 29.2 Å². The third kappa shape index (κ3) is 5.24. The minimum atomic E-state index is -1.21. The SMILES string of the molecule is C[C@@H](OC(=O)c1cc(Cl)ccc1[N+](=O)[O-])C(=O)N[C@H](C)c1ccc(F)cc1. The zero-order valence-corrected chi connectivity index (χ0v) is 15.2. The summed E-state index contributed by atoms with van der Waals surface area (Å²) in [6, 6.07) is 8.57. The Morgan fingerprint density at radius 1 is 1.19 bits per heavy atom. The number of nitrogens with one attached hydrogen (secondary N) is 1. The summed E-state index contributed by atoms with van der Waals surface area (Å²) in [6.07, 6.45) is -1.21. The number of carbonyl (C=O) groups excluding carboxylic acids is 2. The maximum Gasteiger partial charge on any atom is 0.345 e. The van der Waals surface area contributed by atoms with Crippen molar-refractivity contribution in [2.24, 2.45) is 0 Å². The van der Waals surface area contributed by atoms with Gasteiger partial charge >= 0.3 is 5.97 Å². The quantitative estimate of drug-likeness (QED) is 0.456. The summed E-state index contributed by atoms with van der Waals surface area (Å²) in [7, 11) is 0. The van der Waals surface area contributed by atoms with E-state index in [9.17, 15) is 24.1 Å². The van der Waals surface area contributed by atoms with Crippen LogP contribution in [-0.4, -0.2) is 22.9 Å². The molecule has 0 aliphatic carbocycles. The molecular weight excluding hydrogens is 379 g/mol. The van der Waals surface area contributed by atoms with Gasteiger partial charge in [0.2, 0.25) is 0 Å². The van der Waals surface area contributed by atoms with Crippen LogP contribution in [0.2, 0.25) is 5.02 Å². The highest BCUT2D eigenvalue weighted by Gasteiger charge is 2.26. The lowest BCUT2D eigenvalue weighted by atomic mass is 10.1. The number of esters is 1. The summed E-state index contributed by atoms with van der Waals surface area (Å²) in [6.45, 7) is 3.02. The van der Waals surface area contributed by atoms with Crippen LogP contribution in [0.15, 0.2) is 42.5 Å². The van der Waals surface area contributed by atoms with Gasteiger partial charge in [-0.05, 0) is 43.7 Å². The Kier molecular flexibility index (Phi) is 6.46. The Hall–Kier alpha value is -3.00. The molecule has 0 bridgehead atoms.